The molecule has 0 radical (unpaired) electrons. The number of methoxy groups -OCH3 is 1. The van der Waals surface area contributed by atoms with Crippen molar-refractivity contribution in [3.8, 4) is 0 Å². The summed E-state index contributed by atoms with van der Waals surface area (Å²) in [5, 5.41) is 9.31. The van der Waals surface area contributed by atoms with Gasteiger partial charge in [-0.1, -0.05) is 13.8 Å². The molecule has 0 bridgehead atoms. The summed E-state index contributed by atoms with van der Waals surface area (Å²) >= 11 is 0. The number of carbonyl (C=O) groups excluding carboxylic acids is 2. The van der Waals surface area contributed by atoms with Gasteiger partial charge in [0.2, 0.25) is 5.76 Å². The molecular weight excluding hydrogens is 200 g/mol. The van der Waals surface area contributed by atoms with E-state index in [1.165, 1.54) is 7.11 Å². The van der Waals surface area contributed by atoms with Crippen LogP contribution in [0.15, 0.2) is 23.2 Å². The fraction of sp³-hybridized carbons (Fsp3) is 0.400. The average Bonchev–Trinajstić information content (AvgIpc) is 2.41. The molecule has 0 spiro atoms. The monoisotopic (exact) mass is 212 g/mol. The minimum atomic E-state index is -0.928. The SMILES string of the molecule is COC(=O)C1=C(O)C(=O)O/C1=C\C(C)C. The lowest BCUT2D eigenvalue weighted by atomic mass is 10.1. The van der Waals surface area contributed by atoms with E-state index in [9.17, 15) is 14.7 Å². The Kier molecular flexibility index (Phi) is 3.14. The third kappa shape index (κ3) is 2.18. The molecule has 0 atom stereocenters. The van der Waals surface area contributed by atoms with Crippen molar-refractivity contribution in [2.24, 2.45) is 5.92 Å². The van der Waals surface area contributed by atoms with Crippen LogP contribution in [0, 0.1) is 5.92 Å². The number of ether oxygens (including phenoxy) is 2. The van der Waals surface area contributed by atoms with Crippen LogP contribution in [0.1, 0.15) is 13.8 Å². The standard InChI is InChI=1S/C10H12O5/c1-5(2)4-6-7(9(12)14-3)8(11)10(13)15-6/h4-5,11H,1-3H3/b6-4-. The first-order valence-corrected chi connectivity index (χ1v) is 4.43. The summed E-state index contributed by atoms with van der Waals surface area (Å²) in [6, 6.07) is 0. The Balaban J connectivity index is 3.14. The minimum Gasteiger partial charge on any atom is -0.501 e. The molecule has 0 aromatic rings. The quantitative estimate of drug-likeness (QED) is 0.693. The van der Waals surface area contributed by atoms with E-state index in [1.54, 1.807) is 6.08 Å². The van der Waals surface area contributed by atoms with E-state index in [1.807, 2.05) is 13.8 Å². The molecule has 5 heteroatoms. The van der Waals surface area contributed by atoms with Gasteiger partial charge in [0, 0.05) is 0 Å². The molecule has 5 nitrogen and oxygen atoms in total. The van der Waals surface area contributed by atoms with Crippen molar-refractivity contribution < 1.29 is 24.2 Å². The predicted octanol–water partition coefficient (Wildman–Crippen LogP) is 1.07. The molecule has 0 amide bonds. The normalized spacial score (nSPS) is 18.7. The summed E-state index contributed by atoms with van der Waals surface area (Å²) in [4.78, 5) is 22.3. The highest BCUT2D eigenvalue weighted by Gasteiger charge is 2.35. The second-order valence-corrected chi connectivity index (χ2v) is 3.38. The van der Waals surface area contributed by atoms with Gasteiger partial charge in [-0.15, -0.1) is 0 Å². The molecular formula is C10H12O5. The number of esters is 2. The number of hydrogen-bond donors (Lipinski definition) is 1. The maximum atomic E-state index is 11.2. The van der Waals surface area contributed by atoms with Crippen LogP contribution in [-0.4, -0.2) is 24.2 Å². The summed E-state index contributed by atoms with van der Waals surface area (Å²) in [5.74, 6) is -2.28. The van der Waals surface area contributed by atoms with Crippen LogP contribution >= 0.6 is 0 Å². The maximum Gasteiger partial charge on any atom is 0.379 e. The van der Waals surface area contributed by atoms with Crippen LogP contribution in [0.2, 0.25) is 0 Å². The van der Waals surface area contributed by atoms with E-state index in [2.05, 4.69) is 4.74 Å². The first-order chi connectivity index (χ1) is 6.97. The molecule has 1 N–H and O–H groups in total. The Bertz CT molecular complexity index is 362. The van der Waals surface area contributed by atoms with Crippen LogP contribution in [0.25, 0.3) is 0 Å². The number of carbonyl (C=O) groups is 2. The van der Waals surface area contributed by atoms with Crippen LogP contribution in [0.5, 0.6) is 0 Å². The van der Waals surface area contributed by atoms with Crippen LogP contribution in [0.3, 0.4) is 0 Å². The first kappa shape index (κ1) is 11.3. The lowest BCUT2D eigenvalue weighted by molar-refractivity contribution is -0.136. The van der Waals surface area contributed by atoms with Gasteiger partial charge in [-0.25, -0.2) is 9.59 Å². The minimum absolute atomic E-state index is 0.0550. The molecule has 82 valence electrons. The van der Waals surface area contributed by atoms with E-state index in [-0.39, 0.29) is 17.3 Å². The third-order valence-corrected chi connectivity index (χ3v) is 1.75. The lowest BCUT2D eigenvalue weighted by Crippen LogP contribution is -2.07. The summed E-state index contributed by atoms with van der Waals surface area (Å²) in [6.45, 7) is 3.70. The lowest BCUT2D eigenvalue weighted by Gasteiger charge is -2.03. The molecule has 0 aliphatic carbocycles. The van der Waals surface area contributed by atoms with Gasteiger partial charge in [-0.2, -0.15) is 0 Å². The van der Waals surface area contributed by atoms with Gasteiger partial charge >= 0.3 is 11.9 Å². The molecule has 1 aliphatic rings. The second-order valence-electron chi connectivity index (χ2n) is 3.38. The van der Waals surface area contributed by atoms with Gasteiger partial charge < -0.3 is 14.6 Å². The Labute approximate surface area is 87.0 Å². The van der Waals surface area contributed by atoms with Crippen molar-refractivity contribution in [3.05, 3.63) is 23.2 Å². The second kappa shape index (κ2) is 4.16. The van der Waals surface area contributed by atoms with Crippen LogP contribution in [0.4, 0.5) is 0 Å². The summed E-state index contributed by atoms with van der Waals surface area (Å²) in [7, 11) is 1.17. The van der Waals surface area contributed by atoms with Crippen molar-refractivity contribution in [1.29, 1.82) is 0 Å². The summed E-state index contributed by atoms with van der Waals surface area (Å²) < 4.78 is 9.15. The molecule has 1 heterocycles. The van der Waals surface area contributed by atoms with Gasteiger partial charge in [0.15, 0.2) is 5.57 Å². The third-order valence-electron chi connectivity index (χ3n) is 1.75. The fourth-order valence-corrected chi connectivity index (χ4v) is 1.14. The highest BCUT2D eigenvalue weighted by atomic mass is 16.6. The van der Waals surface area contributed by atoms with E-state index < -0.39 is 17.7 Å². The fourth-order valence-electron chi connectivity index (χ4n) is 1.14. The van der Waals surface area contributed by atoms with Crippen molar-refractivity contribution >= 4 is 11.9 Å². The Morgan fingerprint density at radius 1 is 1.53 bits per heavy atom. The van der Waals surface area contributed by atoms with Gasteiger partial charge in [0.05, 0.1) is 7.11 Å². The van der Waals surface area contributed by atoms with E-state index >= 15 is 0 Å². The van der Waals surface area contributed by atoms with Gasteiger partial charge in [-0.3, -0.25) is 0 Å². The van der Waals surface area contributed by atoms with E-state index in [0.717, 1.165) is 0 Å². The molecule has 0 saturated heterocycles. The van der Waals surface area contributed by atoms with Crippen molar-refractivity contribution in [2.45, 2.75) is 13.8 Å². The summed E-state index contributed by atoms with van der Waals surface area (Å²) in [6.07, 6.45) is 1.56. The van der Waals surface area contributed by atoms with E-state index in [4.69, 9.17) is 4.74 Å². The molecule has 1 rings (SSSR count). The molecule has 1 aliphatic heterocycles. The maximum absolute atomic E-state index is 11.2. The Morgan fingerprint density at radius 3 is 2.60 bits per heavy atom. The molecule has 0 unspecified atom stereocenters. The highest BCUT2D eigenvalue weighted by molar-refractivity contribution is 6.05. The predicted molar refractivity (Wildman–Crippen MR) is 50.7 cm³/mol. The van der Waals surface area contributed by atoms with Gasteiger partial charge in [0.25, 0.3) is 0 Å². The van der Waals surface area contributed by atoms with Crippen LogP contribution in [-0.2, 0) is 19.1 Å². The van der Waals surface area contributed by atoms with Gasteiger partial charge in [0.1, 0.15) is 5.76 Å². The smallest absolute Gasteiger partial charge is 0.379 e. The molecule has 0 fully saturated rings. The number of hydrogen-bond acceptors (Lipinski definition) is 5. The Hall–Kier alpha value is -1.78. The first-order valence-electron chi connectivity index (χ1n) is 4.43. The average molecular weight is 212 g/mol. The zero-order valence-electron chi connectivity index (χ0n) is 8.73. The highest BCUT2D eigenvalue weighted by Crippen LogP contribution is 2.26. The number of aliphatic hydroxyl groups is 1. The Morgan fingerprint density at radius 2 is 2.13 bits per heavy atom. The number of aliphatic hydroxyl groups excluding tert-OH is 1. The largest absolute Gasteiger partial charge is 0.501 e. The zero-order chi connectivity index (χ0) is 11.6. The molecule has 15 heavy (non-hydrogen) atoms. The molecule has 0 aromatic heterocycles. The summed E-state index contributed by atoms with van der Waals surface area (Å²) in [5.41, 5.74) is -0.212. The van der Waals surface area contributed by atoms with Crippen molar-refractivity contribution in [1.82, 2.24) is 0 Å². The van der Waals surface area contributed by atoms with Crippen molar-refractivity contribution in [3.63, 3.8) is 0 Å². The van der Waals surface area contributed by atoms with Gasteiger partial charge in [-0.05, 0) is 12.0 Å². The molecule has 0 aromatic carbocycles. The van der Waals surface area contributed by atoms with E-state index in [0.29, 0.717) is 0 Å². The number of cyclic esters (lactones) is 1. The topological polar surface area (TPSA) is 72.8 Å². The van der Waals surface area contributed by atoms with Crippen molar-refractivity contribution in [2.75, 3.05) is 7.11 Å². The van der Waals surface area contributed by atoms with Crippen LogP contribution < -0.4 is 0 Å². The molecule has 0 saturated carbocycles. The zero-order valence-corrected chi connectivity index (χ0v) is 8.73. The number of rotatable bonds is 2. The number of allylic oxidation sites excluding steroid dienone is 1.